The van der Waals surface area contributed by atoms with Gasteiger partial charge in [0.2, 0.25) is 0 Å². The highest BCUT2D eigenvalue weighted by Gasteiger charge is 2.31. The second-order valence-corrected chi connectivity index (χ2v) is 5.99. The molecule has 0 saturated carbocycles. The molecule has 0 saturated heterocycles. The maximum absolute atomic E-state index is 12.6. The average molecular weight is 288 g/mol. The van der Waals surface area contributed by atoms with Gasteiger partial charge in [0.25, 0.3) is 0 Å². The van der Waals surface area contributed by atoms with Gasteiger partial charge >= 0.3 is 12.1 Å². The van der Waals surface area contributed by atoms with Crippen molar-refractivity contribution in [3.8, 4) is 0 Å². The molecule has 0 aliphatic rings. The maximum atomic E-state index is 12.6. The molecular weight excluding hydrogens is 269 g/mol. The molecule has 1 aromatic carbocycles. The van der Waals surface area contributed by atoms with Gasteiger partial charge in [0.05, 0.1) is 12.0 Å². The van der Waals surface area contributed by atoms with E-state index in [4.69, 9.17) is 4.74 Å². The lowest BCUT2D eigenvalue weighted by Gasteiger charge is -2.20. The Morgan fingerprint density at radius 2 is 1.85 bits per heavy atom. The number of hydrogen-bond acceptors (Lipinski definition) is 2. The minimum atomic E-state index is -4.40. The van der Waals surface area contributed by atoms with Crippen molar-refractivity contribution < 1.29 is 22.7 Å². The van der Waals surface area contributed by atoms with E-state index in [0.29, 0.717) is 5.56 Å². The molecule has 0 radical (unpaired) electrons. The van der Waals surface area contributed by atoms with Crippen LogP contribution in [0.3, 0.4) is 0 Å². The van der Waals surface area contributed by atoms with E-state index in [2.05, 4.69) is 0 Å². The summed E-state index contributed by atoms with van der Waals surface area (Å²) in [6.07, 6.45) is -4.88. The first-order valence-corrected chi connectivity index (χ1v) is 6.36. The first-order chi connectivity index (χ1) is 8.99. The largest absolute Gasteiger partial charge is 0.458 e. The van der Waals surface area contributed by atoms with E-state index in [1.807, 2.05) is 20.8 Å². The molecule has 20 heavy (non-hydrogen) atoms. The molecule has 0 heterocycles. The van der Waals surface area contributed by atoms with Crippen molar-refractivity contribution in [3.63, 3.8) is 0 Å². The van der Waals surface area contributed by atoms with Gasteiger partial charge < -0.3 is 4.74 Å². The molecule has 0 spiro atoms. The Balaban J connectivity index is 2.78. The molecule has 1 aromatic rings. The van der Waals surface area contributed by atoms with E-state index in [9.17, 15) is 18.0 Å². The highest BCUT2D eigenvalue weighted by Crippen LogP contribution is 2.31. The van der Waals surface area contributed by atoms with Crippen molar-refractivity contribution in [2.45, 2.75) is 46.4 Å². The van der Waals surface area contributed by atoms with Crippen LogP contribution < -0.4 is 0 Å². The fourth-order valence-corrected chi connectivity index (χ4v) is 1.71. The van der Waals surface area contributed by atoms with Crippen molar-refractivity contribution >= 4 is 5.97 Å². The number of esters is 1. The minimum absolute atomic E-state index is 0.218. The lowest BCUT2D eigenvalue weighted by atomic mass is 9.92. The summed E-state index contributed by atoms with van der Waals surface area (Å²) in [6, 6.07) is 4.83. The fourth-order valence-electron chi connectivity index (χ4n) is 1.71. The molecule has 0 aliphatic carbocycles. The molecule has 2 nitrogen and oxygen atoms in total. The lowest BCUT2D eigenvalue weighted by molar-refractivity contribution is -0.150. The van der Waals surface area contributed by atoms with Gasteiger partial charge in [-0.1, -0.05) is 32.9 Å². The van der Waals surface area contributed by atoms with Crippen molar-refractivity contribution in [1.82, 2.24) is 0 Å². The first-order valence-electron chi connectivity index (χ1n) is 6.36. The Kier molecular flexibility index (Phi) is 4.84. The molecule has 1 rings (SSSR count). The van der Waals surface area contributed by atoms with Gasteiger partial charge in [0, 0.05) is 0 Å². The predicted molar refractivity (Wildman–Crippen MR) is 70.0 cm³/mol. The standard InChI is InChI=1S/C15H19F3O2/c1-10(20-13(19)9-14(2,3)4)11-6-5-7-12(8-11)15(16,17)18/h5-8,10H,9H2,1-4H3. The molecule has 0 amide bonds. The van der Waals surface area contributed by atoms with Gasteiger partial charge in [-0.05, 0) is 30.0 Å². The van der Waals surface area contributed by atoms with Crippen LogP contribution in [-0.4, -0.2) is 5.97 Å². The second kappa shape index (κ2) is 5.85. The molecule has 0 aromatic heterocycles. The van der Waals surface area contributed by atoms with Crippen molar-refractivity contribution in [2.24, 2.45) is 5.41 Å². The van der Waals surface area contributed by atoms with E-state index < -0.39 is 23.8 Å². The van der Waals surface area contributed by atoms with Crippen LogP contribution in [0.1, 0.15) is 51.3 Å². The van der Waals surface area contributed by atoms with Gasteiger partial charge in [-0.15, -0.1) is 0 Å². The normalized spacial score (nSPS) is 13.9. The Labute approximate surface area is 116 Å². The Hall–Kier alpha value is -1.52. The molecule has 5 heteroatoms. The Bertz CT molecular complexity index is 473. The Morgan fingerprint density at radius 3 is 2.35 bits per heavy atom. The molecule has 0 bridgehead atoms. The highest BCUT2D eigenvalue weighted by atomic mass is 19.4. The lowest BCUT2D eigenvalue weighted by Crippen LogP contribution is -2.17. The van der Waals surface area contributed by atoms with E-state index in [1.165, 1.54) is 12.1 Å². The number of rotatable bonds is 3. The number of carbonyl (C=O) groups is 1. The number of benzene rings is 1. The summed E-state index contributed by atoms with van der Waals surface area (Å²) in [4.78, 5) is 11.7. The van der Waals surface area contributed by atoms with Crippen LogP contribution >= 0.6 is 0 Å². The number of ether oxygens (including phenoxy) is 1. The van der Waals surface area contributed by atoms with Crippen molar-refractivity contribution in [1.29, 1.82) is 0 Å². The molecule has 0 fully saturated rings. The zero-order chi connectivity index (χ0) is 15.6. The third-order valence-electron chi connectivity index (χ3n) is 2.67. The monoisotopic (exact) mass is 288 g/mol. The summed E-state index contributed by atoms with van der Waals surface area (Å²) in [5.74, 6) is -0.414. The van der Waals surface area contributed by atoms with Crippen LogP contribution in [0.5, 0.6) is 0 Å². The maximum Gasteiger partial charge on any atom is 0.416 e. The van der Waals surface area contributed by atoms with Gasteiger partial charge in [-0.25, -0.2) is 0 Å². The SMILES string of the molecule is CC(OC(=O)CC(C)(C)C)c1cccc(C(F)(F)F)c1. The number of halogens is 3. The smallest absolute Gasteiger partial charge is 0.416 e. The summed E-state index contributed by atoms with van der Waals surface area (Å²) in [6.45, 7) is 7.24. The third kappa shape index (κ3) is 5.23. The quantitative estimate of drug-likeness (QED) is 0.750. The summed E-state index contributed by atoms with van der Waals surface area (Å²) < 4.78 is 43.0. The topological polar surface area (TPSA) is 26.3 Å². The van der Waals surface area contributed by atoms with Crippen molar-refractivity contribution in [2.75, 3.05) is 0 Å². The van der Waals surface area contributed by atoms with Gasteiger partial charge in [-0.2, -0.15) is 13.2 Å². The van der Waals surface area contributed by atoms with Crippen LogP contribution in [0.25, 0.3) is 0 Å². The zero-order valence-corrected chi connectivity index (χ0v) is 12.0. The molecule has 112 valence electrons. The summed E-state index contributed by atoms with van der Waals surface area (Å²) in [5, 5.41) is 0. The molecule has 0 N–H and O–H groups in total. The minimum Gasteiger partial charge on any atom is -0.458 e. The van der Waals surface area contributed by atoms with Crippen LogP contribution in [0.15, 0.2) is 24.3 Å². The number of hydrogen-bond donors (Lipinski definition) is 0. The average Bonchev–Trinajstić information content (AvgIpc) is 2.25. The Morgan fingerprint density at radius 1 is 1.25 bits per heavy atom. The van der Waals surface area contributed by atoms with E-state index in [-0.39, 0.29) is 11.8 Å². The molecule has 0 aliphatic heterocycles. The molecule has 1 atom stereocenters. The molecular formula is C15H19F3O2. The van der Waals surface area contributed by atoms with Crippen LogP contribution in [0, 0.1) is 5.41 Å². The molecule has 1 unspecified atom stereocenters. The summed E-state index contributed by atoms with van der Waals surface area (Å²) in [5.41, 5.74) is -0.624. The number of carbonyl (C=O) groups excluding carboxylic acids is 1. The zero-order valence-electron chi connectivity index (χ0n) is 12.0. The van der Waals surface area contributed by atoms with Crippen molar-refractivity contribution in [3.05, 3.63) is 35.4 Å². The van der Waals surface area contributed by atoms with E-state index in [0.717, 1.165) is 12.1 Å². The van der Waals surface area contributed by atoms with E-state index >= 15 is 0 Å². The number of alkyl halides is 3. The summed E-state index contributed by atoms with van der Waals surface area (Å²) in [7, 11) is 0. The van der Waals surface area contributed by atoms with E-state index in [1.54, 1.807) is 6.92 Å². The van der Waals surface area contributed by atoms with Gasteiger partial charge in [0.15, 0.2) is 0 Å². The van der Waals surface area contributed by atoms with Crippen LogP contribution in [0.4, 0.5) is 13.2 Å². The van der Waals surface area contributed by atoms with Crippen LogP contribution in [-0.2, 0) is 15.7 Å². The third-order valence-corrected chi connectivity index (χ3v) is 2.67. The predicted octanol–water partition coefficient (Wildman–Crippen LogP) is 4.75. The second-order valence-electron chi connectivity index (χ2n) is 5.99. The first kappa shape index (κ1) is 16.5. The van der Waals surface area contributed by atoms with Gasteiger partial charge in [0.1, 0.15) is 6.10 Å². The highest BCUT2D eigenvalue weighted by molar-refractivity contribution is 5.70. The fraction of sp³-hybridized carbons (Fsp3) is 0.533. The van der Waals surface area contributed by atoms with Gasteiger partial charge in [-0.3, -0.25) is 4.79 Å². The summed E-state index contributed by atoms with van der Waals surface area (Å²) >= 11 is 0. The van der Waals surface area contributed by atoms with Crippen LogP contribution in [0.2, 0.25) is 0 Å².